The van der Waals surface area contributed by atoms with E-state index in [0.717, 1.165) is 0 Å². The lowest BCUT2D eigenvalue weighted by Gasteiger charge is -2.34. The quantitative estimate of drug-likeness (QED) is 0.501. The maximum atomic E-state index is 12.8. The number of esters is 2. The van der Waals surface area contributed by atoms with E-state index >= 15 is 0 Å². The molecule has 2 aliphatic heterocycles. The van der Waals surface area contributed by atoms with Gasteiger partial charge in [-0.3, -0.25) is 9.69 Å². The van der Waals surface area contributed by atoms with Crippen molar-refractivity contribution in [2.24, 2.45) is 5.92 Å². The summed E-state index contributed by atoms with van der Waals surface area (Å²) < 4.78 is 15.6. The standard InChI is InChI=1S/C23H31N3O7/c1-4-32-18-12-15(6-7-17(18)27)20-19(22(29)31-3)16(24-23(30)25-20)13-26-10-8-14(9-11-26)21(28)33-5-2/h6-7,12,14,20,27H,4-5,8-11,13H2,1-3H3,(H2,24,25,30)/t20-/m1/s1. The van der Waals surface area contributed by atoms with Crippen LogP contribution in [0.1, 0.15) is 38.3 Å². The first-order valence-corrected chi connectivity index (χ1v) is 11.1. The lowest BCUT2D eigenvalue weighted by Crippen LogP contribution is -2.49. The Hall–Kier alpha value is -3.27. The highest BCUT2D eigenvalue weighted by Gasteiger charge is 2.35. The number of urea groups is 1. The Morgan fingerprint density at radius 2 is 1.91 bits per heavy atom. The van der Waals surface area contributed by atoms with Gasteiger partial charge in [-0.2, -0.15) is 0 Å². The Bertz CT molecular complexity index is 923. The first-order valence-electron chi connectivity index (χ1n) is 11.1. The minimum absolute atomic E-state index is 0.0332. The maximum Gasteiger partial charge on any atom is 0.338 e. The number of carbonyl (C=O) groups is 3. The molecule has 1 saturated heterocycles. The number of nitrogens with one attached hydrogen (secondary N) is 2. The van der Waals surface area contributed by atoms with Crippen LogP contribution in [-0.2, 0) is 19.1 Å². The van der Waals surface area contributed by atoms with E-state index in [4.69, 9.17) is 14.2 Å². The second-order valence-electron chi connectivity index (χ2n) is 7.88. The largest absolute Gasteiger partial charge is 0.504 e. The monoisotopic (exact) mass is 461 g/mol. The summed E-state index contributed by atoms with van der Waals surface area (Å²) in [6, 6.07) is 3.46. The van der Waals surface area contributed by atoms with Gasteiger partial charge >= 0.3 is 18.0 Å². The van der Waals surface area contributed by atoms with Crippen LogP contribution < -0.4 is 15.4 Å². The number of aromatic hydroxyl groups is 1. The van der Waals surface area contributed by atoms with Gasteiger partial charge in [-0.05, 0) is 57.5 Å². The molecule has 3 N–H and O–H groups in total. The van der Waals surface area contributed by atoms with E-state index in [1.807, 2.05) is 0 Å². The summed E-state index contributed by atoms with van der Waals surface area (Å²) in [6.45, 7) is 5.86. The highest BCUT2D eigenvalue weighted by atomic mass is 16.5. The third kappa shape index (κ3) is 5.75. The summed E-state index contributed by atoms with van der Waals surface area (Å²) in [5.74, 6) is -0.669. The molecule has 10 heteroatoms. The van der Waals surface area contributed by atoms with Gasteiger partial charge in [-0.15, -0.1) is 0 Å². The number of methoxy groups -OCH3 is 1. The van der Waals surface area contributed by atoms with Crippen molar-refractivity contribution in [2.45, 2.75) is 32.7 Å². The molecule has 0 saturated carbocycles. The minimum Gasteiger partial charge on any atom is -0.504 e. The Morgan fingerprint density at radius 3 is 2.55 bits per heavy atom. The summed E-state index contributed by atoms with van der Waals surface area (Å²) in [6.07, 6.45) is 1.29. The number of benzene rings is 1. The number of phenols is 1. The average molecular weight is 462 g/mol. The van der Waals surface area contributed by atoms with Crippen LogP contribution in [0.4, 0.5) is 4.79 Å². The summed E-state index contributed by atoms with van der Waals surface area (Å²) in [4.78, 5) is 39.3. The van der Waals surface area contributed by atoms with Crippen LogP contribution in [0.25, 0.3) is 0 Å². The molecular weight excluding hydrogens is 430 g/mol. The molecule has 0 aliphatic carbocycles. The molecule has 0 aromatic heterocycles. The molecule has 3 rings (SSSR count). The first-order chi connectivity index (χ1) is 15.9. The van der Waals surface area contributed by atoms with Crippen molar-refractivity contribution in [1.82, 2.24) is 15.5 Å². The zero-order valence-electron chi connectivity index (χ0n) is 19.2. The molecule has 10 nitrogen and oxygen atoms in total. The number of likely N-dealkylation sites (tertiary alicyclic amines) is 1. The normalized spacial score (nSPS) is 19.5. The van der Waals surface area contributed by atoms with Gasteiger partial charge in [-0.25, -0.2) is 9.59 Å². The smallest absolute Gasteiger partial charge is 0.338 e. The van der Waals surface area contributed by atoms with Crippen molar-refractivity contribution in [3.63, 3.8) is 0 Å². The summed E-state index contributed by atoms with van der Waals surface area (Å²) in [5, 5.41) is 15.5. The highest BCUT2D eigenvalue weighted by molar-refractivity contribution is 5.95. The number of carbonyl (C=O) groups excluding carboxylic acids is 3. The number of hydrogen-bond donors (Lipinski definition) is 3. The molecule has 33 heavy (non-hydrogen) atoms. The van der Waals surface area contributed by atoms with Crippen molar-refractivity contribution < 1.29 is 33.7 Å². The highest BCUT2D eigenvalue weighted by Crippen LogP contribution is 2.34. The van der Waals surface area contributed by atoms with E-state index in [9.17, 15) is 19.5 Å². The maximum absolute atomic E-state index is 12.8. The molecule has 0 bridgehead atoms. The predicted molar refractivity (Wildman–Crippen MR) is 119 cm³/mol. The summed E-state index contributed by atoms with van der Waals surface area (Å²) in [5.41, 5.74) is 1.29. The Kier molecular flexibility index (Phi) is 8.16. The number of nitrogens with zero attached hydrogens (tertiary/aromatic N) is 1. The summed E-state index contributed by atoms with van der Waals surface area (Å²) in [7, 11) is 1.29. The zero-order valence-corrected chi connectivity index (χ0v) is 19.2. The van der Waals surface area contributed by atoms with E-state index in [1.165, 1.54) is 13.2 Å². The number of hydrogen-bond acceptors (Lipinski definition) is 8. The Labute approximate surface area is 192 Å². The molecule has 1 aromatic carbocycles. The first kappa shape index (κ1) is 24.4. The predicted octanol–water partition coefficient (Wildman–Crippen LogP) is 1.85. The van der Waals surface area contributed by atoms with Crippen molar-refractivity contribution >= 4 is 18.0 Å². The van der Waals surface area contributed by atoms with Gasteiger partial charge in [0.1, 0.15) is 0 Å². The second kappa shape index (κ2) is 11.0. The lowest BCUT2D eigenvalue weighted by molar-refractivity contribution is -0.149. The van der Waals surface area contributed by atoms with Crippen LogP contribution in [-0.4, -0.2) is 67.9 Å². The number of amides is 2. The molecule has 2 amide bonds. The topological polar surface area (TPSA) is 126 Å². The molecule has 2 aliphatic rings. The van der Waals surface area contributed by atoms with E-state index in [1.54, 1.807) is 26.0 Å². The molecule has 0 unspecified atom stereocenters. The van der Waals surface area contributed by atoms with Crippen LogP contribution in [0.3, 0.4) is 0 Å². The van der Waals surface area contributed by atoms with Crippen LogP contribution in [0, 0.1) is 5.92 Å². The van der Waals surface area contributed by atoms with Crippen LogP contribution in [0.5, 0.6) is 11.5 Å². The van der Waals surface area contributed by atoms with E-state index < -0.39 is 18.0 Å². The van der Waals surface area contributed by atoms with Crippen molar-refractivity contribution in [3.8, 4) is 11.5 Å². The fraction of sp³-hybridized carbons (Fsp3) is 0.522. The van der Waals surface area contributed by atoms with E-state index in [-0.39, 0.29) is 29.0 Å². The zero-order chi connectivity index (χ0) is 24.0. The Balaban J connectivity index is 1.86. The Morgan fingerprint density at radius 1 is 1.18 bits per heavy atom. The van der Waals surface area contributed by atoms with Crippen molar-refractivity contribution in [1.29, 1.82) is 0 Å². The molecule has 1 fully saturated rings. The van der Waals surface area contributed by atoms with Gasteiger partial charge in [0.25, 0.3) is 0 Å². The summed E-state index contributed by atoms with van der Waals surface area (Å²) >= 11 is 0. The second-order valence-corrected chi connectivity index (χ2v) is 7.88. The van der Waals surface area contributed by atoms with Crippen LogP contribution in [0.2, 0.25) is 0 Å². The number of phenolic OH excluding ortho intramolecular Hbond substituents is 1. The molecule has 2 heterocycles. The van der Waals surface area contributed by atoms with E-state index in [2.05, 4.69) is 15.5 Å². The van der Waals surface area contributed by atoms with Crippen LogP contribution in [0.15, 0.2) is 29.5 Å². The van der Waals surface area contributed by atoms with Crippen LogP contribution >= 0.6 is 0 Å². The van der Waals surface area contributed by atoms with Gasteiger partial charge in [0.15, 0.2) is 11.5 Å². The minimum atomic E-state index is -0.780. The molecule has 1 aromatic rings. The molecule has 1 atom stereocenters. The molecule has 180 valence electrons. The van der Waals surface area contributed by atoms with Crippen molar-refractivity contribution in [3.05, 3.63) is 35.0 Å². The fourth-order valence-corrected chi connectivity index (χ4v) is 4.14. The lowest BCUT2D eigenvalue weighted by atomic mass is 9.93. The van der Waals surface area contributed by atoms with Gasteiger partial charge in [0, 0.05) is 12.2 Å². The molecule has 0 spiro atoms. The van der Waals surface area contributed by atoms with Crippen molar-refractivity contribution in [2.75, 3.05) is 40.0 Å². The SMILES string of the molecule is CCOC(=O)C1CCN(CC2=C(C(=O)OC)[C@@H](c3ccc(O)c(OCC)c3)NC(=O)N2)CC1. The van der Waals surface area contributed by atoms with Gasteiger partial charge < -0.3 is 30.0 Å². The van der Waals surface area contributed by atoms with Gasteiger partial charge in [0.2, 0.25) is 0 Å². The third-order valence-corrected chi connectivity index (χ3v) is 5.77. The number of piperidine rings is 1. The number of rotatable bonds is 8. The number of ether oxygens (including phenoxy) is 3. The third-order valence-electron chi connectivity index (χ3n) is 5.77. The van der Waals surface area contributed by atoms with Gasteiger partial charge in [0.05, 0.1) is 37.9 Å². The molecular formula is C23H31N3O7. The van der Waals surface area contributed by atoms with Gasteiger partial charge in [-0.1, -0.05) is 6.07 Å². The fourth-order valence-electron chi connectivity index (χ4n) is 4.14. The molecule has 0 radical (unpaired) electrons. The average Bonchev–Trinajstić information content (AvgIpc) is 2.80. The van der Waals surface area contributed by atoms with E-state index in [0.29, 0.717) is 57.0 Å².